The second-order valence-corrected chi connectivity index (χ2v) is 10.3. The molecule has 32 heavy (non-hydrogen) atoms. The number of piperidine rings is 1. The number of sulfonamides is 1. The van der Waals surface area contributed by atoms with Crippen LogP contribution >= 0.6 is 0 Å². The minimum Gasteiger partial charge on any atom is -0.461 e. The minimum atomic E-state index is -3.60. The van der Waals surface area contributed by atoms with E-state index in [1.165, 1.54) is 22.0 Å². The first kappa shape index (κ1) is 22.4. The van der Waals surface area contributed by atoms with E-state index in [1.54, 1.807) is 18.2 Å². The molecule has 0 radical (unpaired) electrons. The van der Waals surface area contributed by atoms with Gasteiger partial charge in [-0.2, -0.15) is 4.31 Å². The number of non-ortho nitro benzene ring substituents is 1. The van der Waals surface area contributed by atoms with Gasteiger partial charge in [0.05, 0.1) is 15.7 Å². The van der Waals surface area contributed by atoms with E-state index in [-0.39, 0.29) is 31.3 Å². The molecule has 0 saturated carbocycles. The average Bonchev–Trinajstić information content (AvgIpc) is 2.82. The van der Waals surface area contributed by atoms with Crippen LogP contribution in [0.4, 0.5) is 5.69 Å². The molecule has 9 heteroatoms. The summed E-state index contributed by atoms with van der Waals surface area (Å²) in [6.45, 7) is 0.472. The number of hydrogen-bond acceptors (Lipinski definition) is 6. The number of nitrogens with zero attached hydrogens (tertiary/aromatic N) is 2. The molecule has 1 aliphatic heterocycles. The smallest absolute Gasteiger partial charge is 0.309 e. The fourth-order valence-corrected chi connectivity index (χ4v) is 5.90. The summed E-state index contributed by atoms with van der Waals surface area (Å²) in [6.07, 6.45) is 4.91. The Morgan fingerprint density at radius 1 is 1.06 bits per heavy atom. The van der Waals surface area contributed by atoms with Crippen LogP contribution in [0.1, 0.15) is 42.4 Å². The molecule has 0 N–H and O–H groups in total. The minimum absolute atomic E-state index is 0.0475. The molecule has 0 unspecified atom stereocenters. The van der Waals surface area contributed by atoms with Crippen LogP contribution in [0.25, 0.3) is 0 Å². The molecule has 8 nitrogen and oxygen atoms in total. The highest BCUT2D eigenvalue weighted by Crippen LogP contribution is 2.28. The Kier molecular flexibility index (Phi) is 6.57. The van der Waals surface area contributed by atoms with Crippen molar-refractivity contribution < 1.29 is 22.9 Å². The van der Waals surface area contributed by atoms with Gasteiger partial charge in [-0.25, -0.2) is 8.42 Å². The Morgan fingerprint density at radius 2 is 1.78 bits per heavy atom. The summed E-state index contributed by atoms with van der Waals surface area (Å²) in [5.74, 6) is -0.786. The lowest BCUT2D eigenvalue weighted by Crippen LogP contribution is -2.40. The quantitative estimate of drug-likeness (QED) is 0.372. The summed E-state index contributed by atoms with van der Waals surface area (Å²) in [7, 11) is -3.60. The molecule has 0 aromatic heterocycles. The number of fused-ring (bicyclic) bond motifs is 1. The molecule has 1 aliphatic carbocycles. The Hall–Kier alpha value is -2.78. The molecule has 0 atom stereocenters. The highest BCUT2D eigenvalue weighted by atomic mass is 32.2. The van der Waals surface area contributed by atoms with Gasteiger partial charge in [-0.1, -0.05) is 18.2 Å². The number of hydrogen-bond donors (Lipinski definition) is 0. The van der Waals surface area contributed by atoms with Gasteiger partial charge in [-0.05, 0) is 67.3 Å². The summed E-state index contributed by atoms with van der Waals surface area (Å²) < 4.78 is 33.0. The van der Waals surface area contributed by atoms with Crippen molar-refractivity contribution in [2.75, 3.05) is 13.1 Å². The van der Waals surface area contributed by atoms with E-state index in [0.29, 0.717) is 23.3 Å². The number of carbonyl (C=O) groups is 1. The summed E-state index contributed by atoms with van der Waals surface area (Å²) in [5.41, 5.74) is 2.84. The van der Waals surface area contributed by atoms with E-state index in [0.717, 1.165) is 31.2 Å². The van der Waals surface area contributed by atoms with Crippen LogP contribution < -0.4 is 0 Å². The second kappa shape index (κ2) is 9.38. The lowest BCUT2D eigenvalue weighted by Gasteiger charge is -2.30. The number of nitro benzene ring substituents is 1. The van der Waals surface area contributed by atoms with E-state index < -0.39 is 20.9 Å². The average molecular weight is 459 g/mol. The molecule has 0 bridgehead atoms. The highest BCUT2D eigenvalue weighted by molar-refractivity contribution is 7.89. The molecule has 4 rings (SSSR count). The van der Waals surface area contributed by atoms with Crippen LogP contribution in [0.5, 0.6) is 0 Å². The maximum atomic E-state index is 13.1. The van der Waals surface area contributed by atoms with Crippen molar-refractivity contribution >= 4 is 21.7 Å². The van der Waals surface area contributed by atoms with Crippen molar-refractivity contribution in [1.82, 2.24) is 4.31 Å². The summed E-state index contributed by atoms with van der Waals surface area (Å²) in [6, 6.07) is 11.4. The Morgan fingerprint density at radius 3 is 2.50 bits per heavy atom. The summed E-state index contributed by atoms with van der Waals surface area (Å²) >= 11 is 0. The lowest BCUT2D eigenvalue weighted by atomic mass is 9.92. The van der Waals surface area contributed by atoms with Crippen molar-refractivity contribution in [2.45, 2.75) is 50.0 Å². The maximum Gasteiger partial charge on any atom is 0.309 e. The van der Waals surface area contributed by atoms with Gasteiger partial charge in [0, 0.05) is 25.2 Å². The molecule has 2 aromatic rings. The number of aryl methyl sites for hydroxylation is 2. The van der Waals surface area contributed by atoms with Crippen LogP contribution in [0.15, 0.2) is 47.4 Å². The fourth-order valence-electron chi connectivity index (χ4n) is 4.38. The second-order valence-electron chi connectivity index (χ2n) is 8.35. The number of rotatable bonds is 6. The monoisotopic (exact) mass is 458 g/mol. The van der Waals surface area contributed by atoms with Gasteiger partial charge in [-0.15, -0.1) is 0 Å². The molecule has 170 valence electrons. The normalized spacial score (nSPS) is 17.5. The molecule has 1 fully saturated rings. The Bertz CT molecular complexity index is 1120. The third kappa shape index (κ3) is 4.83. The Labute approximate surface area is 187 Å². The predicted octanol–water partition coefficient (Wildman–Crippen LogP) is 3.62. The number of esters is 1. The van der Waals surface area contributed by atoms with Crippen molar-refractivity contribution in [2.24, 2.45) is 5.92 Å². The van der Waals surface area contributed by atoms with Crippen LogP contribution in [-0.2, 0) is 39.0 Å². The molecular formula is C23H26N2O6S. The van der Waals surface area contributed by atoms with Crippen molar-refractivity contribution in [3.8, 4) is 0 Å². The summed E-state index contributed by atoms with van der Waals surface area (Å²) in [4.78, 5) is 23.1. The van der Waals surface area contributed by atoms with Crippen molar-refractivity contribution in [1.29, 1.82) is 0 Å². The number of nitro groups is 1. The van der Waals surface area contributed by atoms with Gasteiger partial charge in [0.1, 0.15) is 6.61 Å². The van der Waals surface area contributed by atoms with Crippen LogP contribution in [0, 0.1) is 16.0 Å². The van der Waals surface area contributed by atoms with Gasteiger partial charge in [-0.3, -0.25) is 14.9 Å². The molecule has 1 saturated heterocycles. The molecule has 1 heterocycles. The molecule has 0 spiro atoms. The first-order valence-corrected chi connectivity index (χ1v) is 12.3. The fraction of sp³-hybridized carbons (Fsp3) is 0.435. The molecule has 2 aliphatic rings. The first-order valence-electron chi connectivity index (χ1n) is 10.9. The maximum absolute atomic E-state index is 13.1. The molecule has 2 aromatic carbocycles. The van der Waals surface area contributed by atoms with Crippen LogP contribution in [0.3, 0.4) is 0 Å². The number of ether oxygens (including phenoxy) is 1. The largest absolute Gasteiger partial charge is 0.461 e. The zero-order valence-electron chi connectivity index (χ0n) is 17.7. The standard InChI is InChI=1S/C23H26N2O6S/c26-23(31-16-17-4-3-7-21(14-17)25(27)28)19-10-12-24(13-11-19)32(29,30)22-9-8-18-5-1-2-6-20(18)15-22/h3-4,7-9,14-15,19H,1-2,5-6,10-13,16H2. The Balaban J connectivity index is 1.34. The van der Waals surface area contributed by atoms with E-state index in [9.17, 15) is 23.3 Å². The van der Waals surface area contributed by atoms with Crippen LogP contribution in [0.2, 0.25) is 0 Å². The summed E-state index contributed by atoms with van der Waals surface area (Å²) in [5, 5.41) is 10.9. The van der Waals surface area contributed by atoms with Gasteiger partial charge >= 0.3 is 5.97 Å². The SMILES string of the molecule is O=C(OCc1cccc([N+](=O)[O-])c1)C1CCN(S(=O)(=O)c2ccc3c(c2)CCCC3)CC1. The predicted molar refractivity (Wildman–Crippen MR) is 117 cm³/mol. The third-order valence-corrected chi connectivity index (χ3v) is 8.14. The van der Waals surface area contributed by atoms with Gasteiger partial charge in [0.25, 0.3) is 5.69 Å². The lowest BCUT2D eigenvalue weighted by molar-refractivity contribution is -0.384. The number of benzene rings is 2. The molecular weight excluding hydrogens is 432 g/mol. The van der Waals surface area contributed by atoms with Crippen molar-refractivity contribution in [3.05, 3.63) is 69.3 Å². The zero-order chi connectivity index (χ0) is 22.7. The topological polar surface area (TPSA) is 107 Å². The van der Waals surface area contributed by atoms with Gasteiger partial charge in [0.15, 0.2) is 0 Å². The van der Waals surface area contributed by atoms with Gasteiger partial charge in [0.2, 0.25) is 10.0 Å². The molecule has 0 amide bonds. The van der Waals surface area contributed by atoms with E-state index in [4.69, 9.17) is 4.74 Å². The highest BCUT2D eigenvalue weighted by Gasteiger charge is 2.33. The van der Waals surface area contributed by atoms with E-state index >= 15 is 0 Å². The van der Waals surface area contributed by atoms with Gasteiger partial charge < -0.3 is 4.74 Å². The first-order chi connectivity index (χ1) is 15.3. The third-order valence-electron chi connectivity index (χ3n) is 6.25. The van der Waals surface area contributed by atoms with E-state index in [2.05, 4.69) is 0 Å². The van der Waals surface area contributed by atoms with E-state index in [1.807, 2.05) is 12.1 Å². The van der Waals surface area contributed by atoms with Crippen molar-refractivity contribution in [3.63, 3.8) is 0 Å². The number of carbonyl (C=O) groups excluding carboxylic acids is 1. The zero-order valence-corrected chi connectivity index (χ0v) is 18.6. The van der Waals surface area contributed by atoms with Crippen LogP contribution in [-0.4, -0.2) is 36.7 Å².